The van der Waals surface area contributed by atoms with E-state index in [-0.39, 0.29) is 5.91 Å². The number of ether oxygens (including phenoxy) is 4. The van der Waals surface area contributed by atoms with Gasteiger partial charge in [-0.1, -0.05) is 18.2 Å². The molecule has 0 aromatic heterocycles. The molecule has 0 bridgehead atoms. The number of hydrogen-bond donors (Lipinski definition) is 0. The fourth-order valence-corrected chi connectivity index (χ4v) is 3.58. The van der Waals surface area contributed by atoms with E-state index in [1.807, 2.05) is 51.1 Å². The van der Waals surface area contributed by atoms with Crippen LogP contribution in [0.3, 0.4) is 0 Å². The molecule has 0 atom stereocenters. The molecule has 3 aromatic carbocycles. The Bertz CT molecular complexity index is 1050. The second-order valence-electron chi connectivity index (χ2n) is 7.31. The van der Waals surface area contributed by atoms with Crippen LogP contribution < -0.4 is 18.9 Å². The highest BCUT2D eigenvalue weighted by Gasteiger charge is 2.20. The molecule has 32 heavy (non-hydrogen) atoms. The predicted octanol–water partition coefficient (Wildman–Crippen LogP) is 5.32. The Hall–Kier alpha value is -3.41. The lowest BCUT2D eigenvalue weighted by molar-refractivity contribution is 0.0784. The third-order valence-corrected chi connectivity index (χ3v) is 5.03. The number of carbonyl (C=O) groups is 1. The van der Waals surface area contributed by atoms with Crippen LogP contribution in [-0.4, -0.2) is 44.8 Å². The van der Waals surface area contributed by atoms with Crippen molar-refractivity contribution in [2.45, 2.75) is 27.3 Å². The van der Waals surface area contributed by atoms with Crippen molar-refractivity contribution < 1.29 is 23.7 Å². The molecular weight excluding hydrogens is 406 g/mol. The van der Waals surface area contributed by atoms with E-state index in [0.29, 0.717) is 49.2 Å². The summed E-state index contributed by atoms with van der Waals surface area (Å²) in [4.78, 5) is 14.9. The number of fused-ring (bicyclic) bond motifs is 1. The minimum absolute atomic E-state index is 0.121. The molecule has 1 amide bonds. The minimum Gasteiger partial charge on any atom is -0.497 e. The van der Waals surface area contributed by atoms with Gasteiger partial charge in [0.05, 0.1) is 26.9 Å². The number of methoxy groups -OCH3 is 1. The van der Waals surface area contributed by atoms with Crippen molar-refractivity contribution in [2.75, 3.05) is 34.0 Å². The van der Waals surface area contributed by atoms with Crippen LogP contribution in [0.1, 0.15) is 36.7 Å². The smallest absolute Gasteiger partial charge is 0.254 e. The molecule has 0 unspecified atom stereocenters. The quantitative estimate of drug-likeness (QED) is 0.430. The van der Waals surface area contributed by atoms with E-state index < -0.39 is 0 Å². The molecule has 0 aliphatic rings. The fraction of sp³-hybridized carbons (Fsp3) is 0.346. The Balaban J connectivity index is 1.86. The summed E-state index contributed by atoms with van der Waals surface area (Å²) in [7, 11) is 3.45. The van der Waals surface area contributed by atoms with Crippen molar-refractivity contribution in [3.8, 4) is 23.0 Å². The lowest BCUT2D eigenvalue weighted by atomic mass is 10.1. The maximum Gasteiger partial charge on any atom is 0.254 e. The summed E-state index contributed by atoms with van der Waals surface area (Å²) in [6, 6.07) is 15.6. The van der Waals surface area contributed by atoms with E-state index in [4.69, 9.17) is 18.9 Å². The van der Waals surface area contributed by atoms with E-state index >= 15 is 0 Å². The summed E-state index contributed by atoms with van der Waals surface area (Å²) in [5.74, 6) is 2.25. The summed E-state index contributed by atoms with van der Waals surface area (Å²) >= 11 is 0. The maximum atomic E-state index is 13.2. The van der Waals surface area contributed by atoms with Gasteiger partial charge in [0.1, 0.15) is 5.75 Å². The Morgan fingerprint density at radius 1 is 0.812 bits per heavy atom. The average molecular weight is 438 g/mol. The van der Waals surface area contributed by atoms with Crippen molar-refractivity contribution in [3.05, 3.63) is 59.7 Å². The summed E-state index contributed by atoms with van der Waals surface area (Å²) in [6.45, 7) is 7.56. The van der Waals surface area contributed by atoms with Crippen LogP contribution in [0.2, 0.25) is 0 Å². The predicted molar refractivity (Wildman–Crippen MR) is 126 cm³/mol. The molecule has 6 heteroatoms. The van der Waals surface area contributed by atoms with E-state index in [0.717, 1.165) is 22.1 Å². The van der Waals surface area contributed by atoms with Crippen LogP contribution in [0.25, 0.3) is 10.8 Å². The van der Waals surface area contributed by atoms with Gasteiger partial charge in [-0.25, -0.2) is 0 Å². The number of amides is 1. The Labute approximate surface area is 189 Å². The van der Waals surface area contributed by atoms with Gasteiger partial charge >= 0.3 is 0 Å². The first-order chi connectivity index (χ1) is 15.5. The maximum absolute atomic E-state index is 13.2. The minimum atomic E-state index is -0.121. The van der Waals surface area contributed by atoms with Crippen LogP contribution in [0.5, 0.6) is 23.0 Å². The van der Waals surface area contributed by atoms with E-state index in [1.165, 1.54) is 0 Å². The zero-order valence-corrected chi connectivity index (χ0v) is 19.4. The van der Waals surface area contributed by atoms with Crippen molar-refractivity contribution in [2.24, 2.45) is 0 Å². The highest BCUT2D eigenvalue weighted by Crippen LogP contribution is 2.39. The van der Waals surface area contributed by atoms with E-state index in [9.17, 15) is 4.79 Å². The van der Waals surface area contributed by atoms with E-state index in [1.54, 1.807) is 31.2 Å². The lowest BCUT2D eigenvalue weighted by Crippen LogP contribution is -2.26. The van der Waals surface area contributed by atoms with Gasteiger partial charge in [0.25, 0.3) is 5.91 Å². The third kappa shape index (κ3) is 5.25. The second-order valence-corrected chi connectivity index (χ2v) is 7.31. The molecule has 0 fully saturated rings. The van der Waals surface area contributed by atoms with Crippen LogP contribution in [0, 0.1) is 0 Å². The fourth-order valence-electron chi connectivity index (χ4n) is 3.58. The van der Waals surface area contributed by atoms with Gasteiger partial charge in [0.2, 0.25) is 5.75 Å². The van der Waals surface area contributed by atoms with Crippen LogP contribution in [0.15, 0.2) is 48.5 Å². The number of hydrogen-bond acceptors (Lipinski definition) is 5. The molecule has 0 aliphatic heterocycles. The second kappa shape index (κ2) is 10.8. The molecule has 0 radical (unpaired) electrons. The highest BCUT2D eigenvalue weighted by molar-refractivity contribution is 5.95. The molecule has 6 nitrogen and oxygen atoms in total. The molecular formula is C26H31NO5. The van der Waals surface area contributed by atoms with Crippen LogP contribution in [-0.2, 0) is 6.54 Å². The Morgan fingerprint density at radius 2 is 1.41 bits per heavy atom. The number of nitrogens with zero attached hydrogens (tertiary/aromatic N) is 1. The number of rotatable bonds is 10. The SMILES string of the molecule is CCOc1cc(C(=O)N(C)Cc2ccc3cc(OC)ccc3c2)cc(OCC)c1OCC. The molecule has 0 aliphatic carbocycles. The Morgan fingerprint density at radius 3 is 2.00 bits per heavy atom. The first-order valence-electron chi connectivity index (χ1n) is 10.9. The Kier molecular flexibility index (Phi) is 7.82. The normalized spacial score (nSPS) is 10.7. The molecule has 0 heterocycles. The molecule has 0 N–H and O–H groups in total. The van der Waals surface area contributed by atoms with Gasteiger partial charge in [0, 0.05) is 19.2 Å². The average Bonchev–Trinajstić information content (AvgIpc) is 2.80. The number of carbonyl (C=O) groups excluding carboxylic acids is 1. The van der Waals surface area contributed by atoms with Gasteiger partial charge in [-0.15, -0.1) is 0 Å². The first-order valence-corrected chi connectivity index (χ1v) is 10.9. The standard InChI is InChI=1S/C26H31NO5/c1-6-30-23-15-21(16-24(31-7-2)25(23)32-8-3)26(28)27(4)17-18-9-10-20-14-22(29-5)12-11-19(20)13-18/h9-16H,6-8,17H2,1-5H3. The van der Waals surface area contributed by atoms with E-state index in [2.05, 4.69) is 6.07 Å². The molecule has 0 saturated heterocycles. The third-order valence-electron chi connectivity index (χ3n) is 5.03. The molecule has 0 saturated carbocycles. The van der Waals surface area contributed by atoms with Gasteiger partial charge in [0.15, 0.2) is 11.5 Å². The van der Waals surface area contributed by atoms with Crippen LogP contribution in [0.4, 0.5) is 0 Å². The summed E-state index contributed by atoms with van der Waals surface area (Å²) in [5.41, 5.74) is 1.54. The largest absolute Gasteiger partial charge is 0.497 e. The zero-order valence-electron chi connectivity index (χ0n) is 19.4. The van der Waals surface area contributed by atoms with Gasteiger partial charge in [-0.2, -0.15) is 0 Å². The molecule has 170 valence electrons. The topological polar surface area (TPSA) is 57.2 Å². The van der Waals surface area contributed by atoms with Crippen molar-refractivity contribution in [1.82, 2.24) is 4.90 Å². The zero-order chi connectivity index (χ0) is 23.1. The molecule has 0 spiro atoms. The van der Waals surface area contributed by atoms with Crippen molar-refractivity contribution >= 4 is 16.7 Å². The van der Waals surface area contributed by atoms with Gasteiger partial charge in [-0.05, 0) is 67.4 Å². The number of benzene rings is 3. The molecule has 3 aromatic rings. The highest BCUT2D eigenvalue weighted by atomic mass is 16.5. The van der Waals surface area contributed by atoms with Gasteiger partial charge < -0.3 is 23.8 Å². The molecule has 3 rings (SSSR count). The summed E-state index contributed by atoms with van der Waals surface area (Å²) in [5, 5.41) is 2.19. The monoisotopic (exact) mass is 437 g/mol. The van der Waals surface area contributed by atoms with Crippen molar-refractivity contribution in [3.63, 3.8) is 0 Å². The summed E-state index contributed by atoms with van der Waals surface area (Å²) in [6.07, 6.45) is 0. The van der Waals surface area contributed by atoms with Crippen LogP contribution >= 0.6 is 0 Å². The first kappa shape index (κ1) is 23.3. The lowest BCUT2D eigenvalue weighted by Gasteiger charge is -2.21. The van der Waals surface area contributed by atoms with Crippen molar-refractivity contribution in [1.29, 1.82) is 0 Å². The summed E-state index contributed by atoms with van der Waals surface area (Å²) < 4.78 is 22.5. The van der Waals surface area contributed by atoms with Gasteiger partial charge in [-0.3, -0.25) is 4.79 Å².